The van der Waals surface area contributed by atoms with Crippen LogP contribution in [-0.2, 0) is 20.9 Å². The second-order valence-corrected chi connectivity index (χ2v) is 10.0. The van der Waals surface area contributed by atoms with Crippen LogP contribution >= 0.6 is 11.3 Å². The third-order valence-corrected chi connectivity index (χ3v) is 7.97. The summed E-state index contributed by atoms with van der Waals surface area (Å²) in [7, 11) is 0. The van der Waals surface area contributed by atoms with Crippen LogP contribution in [0.2, 0.25) is 0 Å². The van der Waals surface area contributed by atoms with Crippen molar-refractivity contribution in [1.82, 2.24) is 4.57 Å². The van der Waals surface area contributed by atoms with E-state index in [0.717, 1.165) is 19.3 Å². The van der Waals surface area contributed by atoms with Crippen LogP contribution in [0.5, 0.6) is 0 Å². The molecule has 0 saturated heterocycles. The van der Waals surface area contributed by atoms with Crippen LogP contribution in [0.1, 0.15) is 45.4 Å². The summed E-state index contributed by atoms with van der Waals surface area (Å²) in [4.78, 5) is 30.6. The lowest BCUT2D eigenvalue weighted by molar-refractivity contribution is -0.144. The van der Waals surface area contributed by atoms with Crippen molar-refractivity contribution in [3.8, 4) is 0 Å². The minimum atomic E-state index is -0.389. The molecular weight excluding hydrogens is 391 g/mol. The van der Waals surface area contributed by atoms with Gasteiger partial charge in [-0.25, -0.2) is 4.39 Å². The van der Waals surface area contributed by atoms with Crippen LogP contribution in [-0.4, -0.2) is 23.1 Å². The van der Waals surface area contributed by atoms with Gasteiger partial charge in [0.2, 0.25) is 0 Å². The maximum atomic E-state index is 13.7. The van der Waals surface area contributed by atoms with Gasteiger partial charge in [0.1, 0.15) is 12.4 Å². The quantitative estimate of drug-likeness (QED) is 0.707. The van der Waals surface area contributed by atoms with Crippen molar-refractivity contribution in [3.63, 3.8) is 0 Å². The predicted molar refractivity (Wildman–Crippen MR) is 108 cm³/mol. The monoisotopic (exact) mass is 416 g/mol. The van der Waals surface area contributed by atoms with Gasteiger partial charge in [-0.1, -0.05) is 11.3 Å². The highest BCUT2D eigenvalue weighted by atomic mass is 32.1. The van der Waals surface area contributed by atoms with E-state index in [0.29, 0.717) is 32.8 Å². The second-order valence-electron chi connectivity index (χ2n) is 9.00. The zero-order valence-electron chi connectivity index (χ0n) is 16.5. The normalized spacial score (nSPS) is 30.8. The zero-order valence-corrected chi connectivity index (χ0v) is 17.3. The summed E-state index contributed by atoms with van der Waals surface area (Å²) in [5, 5.41) is 0. The summed E-state index contributed by atoms with van der Waals surface area (Å²) >= 11 is 1.26. The molecule has 4 fully saturated rings. The first-order valence-corrected chi connectivity index (χ1v) is 11.3. The number of benzene rings is 1. The molecule has 0 atom stereocenters. The summed E-state index contributed by atoms with van der Waals surface area (Å²) in [6.45, 7) is 2.01. The third-order valence-electron chi connectivity index (χ3n) is 6.93. The van der Waals surface area contributed by atoms with E-state index in [1.54, 1.807) is 17.6 Å². The van der Waals surface area contributed by atoms with E-state index < -0.39 is 0 Å². The summed E-state index contributed by atoms with van der Waals surface area (Å²) in [6, 6.07) is 4.42. The smallest absolute Gasteiger partial charge is 0.326 e. The maximum Gasteiger partial charge on any atom is 0.326 e. The van der Waals surface area contributed by atoms with Gasteiger partial charge >= 0.3 is 5.97 Å². The van der Waals surface area contributed by atoms with E-state index in [1.165, 1.54) is 42.7 Å². The number of ether oxygens (including phenoxy) is 1. The van der Waals surface area contributed by atoms with E-state index in [4.69, 9.17) is 4.74 Å². The van der Waals surface area contributed by atoms with E-state index in [9.17, 15) is 14.0 Å². The summed E-state index contributed by atoms with van der Waals surface area (Å²) in [6.07, 6.45) is 6.61. The number of carbonyl (C=O) groups excluding carboxylic acids is 2. The number of carbonyl (C=O) groups is 2. The molecule has 1 amide bonds. The van der Waals surface area contributed by atoms with Crippen molar-refractivity contribution in [2.45, 2.75) is 52.0 Å². The fraction of sp³-hybridized carbons (Fsp3) is 0.591. The van der Waals surface area contributed by atoms with Crippen LogP contribution < -0.4 is 4.80 Å². The first-order valence-electron chi connectivity index (χ1n) is 10.5. The number of thiazole rings is 1. The van der Waals surface area contributed by atoms with Crippen LogP contribution in [0.25, 0.3) is 10.2 Å². The number of esters is 1. The Morgan fingerprint density at radius 2 is 1.86 bits per heavy atom. The van der Waals surface area contributed by atoms with Gasteiger partial charge in [-0.3, -0.25) is 9.59 Å². The summed E-state index contributed by atoms with van der Waals surface area (Å²) < 4.78 is 21.2. The Balaban J connectivity index is 1.56. The average molecular weight is 417 g/mol. The fourth-order valence-corrected chi connectivity index (χ4v) is 7.25. The minimum Gasteiger partial charge on any atom is -0.465 e. The molecule has 7 heteroatoms. The minimum absolute atomic E-state index is 0.0353. The lowest BCUT2D eigenvalue weighted by Crippen LogP contribution is -2.50. The highest BCUT2D eigenvalue weighted by Crippen LogP contribution is 2.60. The van der Waals surface area contributed by atoms with E-state index in [1.807, 2.05) is 0 Å². The summed E-state index contributed by atoms with van der Waals surface area (Å²) in [5.41, 5.74) is 0.360. The number of aromatic nitrogens is 1. The van der Waals surface area contributed by atoms with Crippen LogP contribution in [0.3, 0.4) is 0 Å². The number of nitrogens with zero attached hydrogens (tertiary/aromatic N) is 2. The van der Waals surface area contributed by atoms with Gasteiger partial charge in [0.05, 0.1) is 22.2 Å². The van der Waals surface area contributed by atoms with E-state index >= 15 is 0 Å². The molecule has 1 aromatic carbocycles. The molecule has 1 aromatic heterocycles. The topological polar surface area (TPSA) is 60.7 Å². The van der Waals surface area contributed by atoms with Crippen LogP contribution in [0.15, 0.2) is 23.2 Å². The molecule has 0 unspecified atom stereocenters. The predicted octanol–water partition coefficient (Wildman–Crippen LogP) is 4.05. The number of rotatable bonds is 4. The molecule has 4 bridgehead atoms. The molecule has 2 aromatic rings. The lowest BCUT2D eigenvalue weighted by atomic mass is 9.49. The number of fused-ring (bicyclic) bond motifs is 1. The van der Waals surface area contributed by atoms with Crippen molar-refractivity contribution in [2.75, 3.05) is 6.61 Å². The fourth-order valence-electron chi connectivity index (χ4n) is 6.20. The molecule has 0 radical (unpaired) electrons. The Labute approximate surface area is 172 Å². The van der Waals surface area contributed by atoms with Crippen LogP contribution in [0, 0.1) is 29.0 Å². The SMILES string of the molecule is CCOC(=O)Cn1c(=NC(=O)C23CC4CC(CC(C4)C2)C3)sc2cc(F)ccc21. The van der Waals surface area contributed by atoms with Crippen molar-refractivity contribution >= 4 is 33.4 Å². The van der Waals surface area contributed by atoms with Crippen LogP contribution in [0.4, 0.5) is 4.39 Å². The number of halogens is 1. The summed E-state index contributed by atoms with van der Waals surface area (Å²) in [5.74, 6) is 1.18. The van der Waals surface area contributed by atoms with Gasteiger partial charge in [0.25, 0.3) is 5.91 Å². The lowest BCUT2D eigenvalue weighted by Gasteiger charge is -2.55. The molecule has 1 heterocycles. The molecule has 29 heavy (non-hydrogen) atoms. The zero-order chi connectivity index (χ0) is 20.2. The van der Waals surface area contributed by atoms with Gasteiger partial charge < -0.3 is 9.30 Å². The van der Waals surface area contributed by atoms with Gasteiger partial charge in [-0.2, -0.15) is 4.99 Å². The van der Waals surface area contributed by atoms with E-state index in [-0.39, 0.29) is 36.3 Å². The Bertz CT molecular complexity index is 1020. The Kier molecular flexibility index (Phi) is 4.61. The third kappa shape index (κ3) is 3.33. The molecule has 6 rings (SSSR count). The Hall–Kier alpha value is -2.02. The van der Waals surface area contributed by atoms with E-state index in [2.05, 4.69) is 4.99 Å². The standard InChI is InChI=1S/C22H25FN2O3S/c1-2-28-19(26)12-25-17-4-3-16(23)8-18(17)29-21(25)24-20(27)22-9-13-5-14(10-22)7-15(6-13)11-22/h3-4,8,13-15H,2,5-7,9-12H2,1H3. The molecule has 4 aliphatic rings. The molecule has 154 valence electrons. The molecular formula is C22H25FN2O3S. The molecule has 0 N–H and O–H groups in total. The van der Waals surface area contributed by atoms with Crippen molar-refractivity contribution in [3.05, 3.63) is 28.8 Å². The maximum absolute atomic E-state index is 13.7. The Morgan fingerprint density at radius 1 is 1.21 bits per heavy atom. The average Bonchev–Trinajstić information content (AvgIpc) is 2.97. The van der Waals surface area contributed by atoms with Crippen molar-refractivity contribution in [2.24, 2.45) is 28.2 Å². The Morgan fingerprint density at radius 3 is 2.48 bits per heavy atom. The van der Waals surface area contributed by atoms with Gasteiger partial charge in [-0.05, 0) is 81.4 Å². The van der Waals surface area contributed by atoms with Crippen molar-refractivity contribution < 1.29 is 18.7 Å². The molecule has 0 aliphatic heterocycles. The first kappa shape index (κ1) is 19.0. The number of hydrogen-bond donors (Lipinski definition) is 0. The van der Waals surface area contributed by atoms with Gasteiger partial charge in [0, 0.05) is 0 Å². The van der Waals surface area contributed by atoms with Gasteiger partial charge in [-0.15, -0.1) is 0 Å². The highest BCUT2D eigenvalue weighted by Gasteiger charge is 2.54. The molecule has 5 nitrogen and oxygen atoms in total. The second kappa shape index (κ2) is 7.04. The number of hydrogen-bond acceptors (Lipinski definition) is 4. The molecule has 0 spiro atoms. The van der Waals surface area contributed by atoms with Gasteiger partial charge in [0.15, 0.2) is 4.80 Å². The first-order chi connectivity index (χ1) is 14.0. The molecule has 4 aliphatic carbocycles. The molecule has 4 saturated carbocycles. The number of amides is 1. The largest absolute Gasteiger partial charge is 0.465 e. The van der Waals surface area contributed by atoms with Crippen molar-refractivity contribution in [1.29, 1.82) is 0 Å². The highest BCUT2D eigenvalue weighted by molar-refractivity contribution is 7.16.